The predicted octanol–water partition coefficient (Wildman–Crippen LogP) is 5.35. The van der Waals surface area contributed by atoms with Crippen LogP contribution in [-0.2, 0) is 11.8 Å². The second-order valence-corrected chi connectivity index (χ2v) is 7.01. The SMILES string of the molecule is CC(C)(C)c1ccc(C2Cc3ccc(Cl)cc3N2)cc1. The third-order valence-electron chi connectivity index (χ3n) is 4.00. The van der Waals surface area contributed by atoms with Crippen molar-refractivity contribution in [1.82, 2.24) is 0 Å². The van der Waals surface area contributed by atoms with Crippen LogP contribution in [0.2, 0.25) is 5.02 Å². The van der Waals surface area contributed by atoms with E-state index in [0.717, 1.165) is 11.4 Å². The maximum Gasteiger partial charge on any atom is 0.0555 e. The molecule has 0 fully saturated rings. The average Bonchev–Trinajstić information content (AvgIpc) is 2.80. The number of halogens is 1. The number of benzene rings is 2. The van der Waals surface area contributed by atoms with Gasteiger partial charge >= 0.3 is 0 Å². The van der Waals surface area contributed by atoms with Crippen molar-refractivity contribution < 1.29 is 0 Å². The van der Waals surface area contributed by atoms with Gasteiger partial charge in [0.05, 0.1) is 6.04 Å². The molecule has 104 valence electrons. The van der Waals surface area contributed by atoms with E-state index in [4.69, 9.17) is 11.6 Å². The lowest BCUT2D eigenvalue weighted by Gasteiger charge is -2.20. The van der Waals surface area contributed by atoms with Gasteiger partial charge in [0, 0.05) is 10.7 Å². The van der Waals surface area contributed by atoms with Crippen molar-refractivity contribution >= 4 is 17.3 Å². The first-order chi connectivity index (χ1) is 9.43. The Balaban J connectivity index is 1.83. The van der Waals surface area contributed by atoms with E-state index in [1.54, 1.807) is 0 Å². The number of hydrogen-bond acceptors (Lipinski definition) is 1. The summed E-state index contributed by atoms with van der Waals surface area (Å²) >= 11 is 6.05. The highest BCUT2D eigenvalue weighted by Crippen LogP contribution is 2.36. The van der Waals surface area contributed by atoms with E-state index in [-0.39, 0.29) is 5.41 Å². The van der Waals surface area contributed by atoms with Gasteiger partial charge in [-0.15, -0.1) is 0 Å². The summed E-state index contributed by atoms with van der Waals surface area (Å²) in [5.41, 5.74) is 5.44. The molecule has 1 aliphatic rings. The standard InChI is InChI=1S/C18H20ClN/c1-18(2,3)14-7-4-12(5-8-14)16-10-13-6-9-15(19)11-17(13)20-16/h4-9,11,16,20H,10H2,1-3H3. The van der Waals surface area contributed by atoms with E-state index in [9.17, 15) is 0 Å². The number of nitrogens with one attached hydrogen (secondary N) is 1. The minimum absolute atomic E-state index is 0.206. The molecule has 0 saturated carbocycles. The van der Waals surface area contributed by atoms with Gasteiger partial charge in [-0.25, -0.2) is 0 Å². The van der Waals surface area contributed by atoms with Crippen LogP contribution in [0.4, 0.5) is 5.69 Å². The molecule has 1 aliphatic heterocycles. The lowest BCUT2D eigenvalue weighted by molar-refractivity contribution is 0.589. The zero-order chi connectivity index (χ0) is 14.3. The largest absolute Gasteiger partial charge is 0.378 e. The van der Waals surface area contributed by atoms with Crippen LogP contribution in [0.25, 0.3) is 0 Å². The Hall–Kier alpha value is -1.47. The second-order valence-electron chi connectivity index (χ2n) is 6.57. The molecule has 0 spiro atoms. The molecule has 0 bridgehead atoms. The molecule has 2 aromatic carbocycles. The maximum atomic E-state index is 6.05. The summed E-state index contributed by atoms with van der Waals surface area (Å²) < 4.78 is 0. The predicted molar refractivity (Wildman–Crippen MR) is 86.7 cm³/mol. The Morgan fingerprint density at radius 2 is 1.75 bits per heavy atom. The van der Waals surface area contributed by atoms with Gasteiger partial charge in [-0.3, -0.25) is 0 Å². The van der Waals surface area contributed by atoms with Crippen LogP contribution in [0.3, 0.4) is 0 Å². The Bertz CT molecular complexity index is 623. The zero-order valence-electron chi connectivity index (χ0n) is 12.2. The number of anilines is 1. The molecular weight excluding hydrogens is 266 g/mol. The second kappa shape index (κ2) is 4.82. The highest BCUT2D eigenvalue weighted by atomic mass is 35.5. The van der Waals surface area contributed by atoms with Gasteiger partial charge in [-0.1, -0.05) is 62.7 Å². The maximum absolute atomic E-state index is 6.05. The molecule has 2 aromatic rings. The molecule has 1 atom stereocenters. The Morgan fingerprint density at radius 3 is 2.40 bits per heavy atom. The van der Waals surface area contributed by atoms with Gasteiger partial charge in [0.25, 0.3) is 0 Å². The lowest BCUT2D eigenvalue weighted by atomic mass is 9.86. The molecule has 0 radical (unpaired) electrons. The Kier molecular flexibility index (Phi) is 3.25. The summed E-state index contributed by atoms with van der Waals surface area (Å²) in [6.45, 7) is 6.73. The lowest BCUT2D eigenvalue weighted by Crippen LogP contribution is -2.12. The van der Waals surface area contributed by atoms with Gasteiger partial charge in [0.2, 0.25) is 0 Å². The van der Waals surface area contributed by atoms with E-state index in [1.807, 2.05) is 12.1 Å². The first-order valence-corrected chi connectivity index (χ1v) is 7.47. The van der Waals surface area contributed by atoms with Crippen LogP contribution in [0, 0.1) is 0 Å². The molecule has 1 heterocycles. The van der Waals surface area contributed by atoms with Gasteiger partial charge in [-0.2, -0.15) is 0 Å². The molecule has 0 amide bonds. The summed E-state index contributed by atoms with van der Waals surface area (Å²) in [5, 5.41) is 4.36. The van der Waals surface area contributed by atoms with Gasteiger partial charge in [0.15, 0.2) is 0 Å². The normalized spacial score (nSPS) is 17.7. The number of rotatable bonds is 1. The molecule has 0 saturated heterocycles. The quantitative estimate of drug-likeness (QED) is 0.745. The van der Waals surface area contributed by atoms with Crippen LogP contribution in [-0.4, -0.2) is 0 Å². The van der Waals surface area contributed by atoms with Crippen LogP contribution < -0.4 is 5.32 Å². The van der Waals surface area contributed by atoms with E-state index in [1.165, 1.54) is 22.4 Å². The molecule has 0 aliphatic carbocycles. The van der Waals surface area contributed by atoms with Crippen LogP contribution >= 0.6 is 11.6 Å². The molecule has 20 heavy (non-hydrogen) atoms. The van der Waals surface area contributed by atoms with Crippen molar-refractivity contribution in [2.75, 3.05) is 5.32 Å². The van der Waals surface area contributed by atoms with Crippen LogP contribution in [0.5, 0.6) is 0 Å². The van der Waals surface area contributed by atoms with Gasteiger partial charge < -0.3 is 5.32 Å². The molecule has 1 N–H and O–H groups in total. The van der Waals surface area contributed by atoms with Crippen molar-refractivity contribution in [2.24, 2.45) is 0 Å². The van der Waals surface area contributed by atoms with E-state index < -0.39 is 0 Å². The molecule has 1 nitrogen and oxygen atoms in total. The van der Waals surface area contributed by atoms with Gasteiger partial charge in [0.1, 0.15) is 0 Å². The first kappa shape index (κ1) is 13.5. The van der Waals surface area contributed by atoms with Crippen LogP contribution in [0.15, 0.2) is 42.5 Å². The van der Waals surface area contributed by atoms with E-state index in [0.29, 0.717) is 6.04 Å². The summed E-state index contributed by atoms with van der Waals surface area (Å²) in [5.74, 6) is 0. The molecular formula is C18H20ClN. The highest BCUT2D eigenvalue weighted by Gasteiger charge is 2.22. The van der Waals surface area contributed by atoms with Crippen molar-refractivity contribution in [2.45, 2.75) is 38.6 Å². The average molecular weight is 286 g/mol. The van der Waals surface area contributed by atoms with E-state index >= 15 is 0 Å². The van der Waals surface area contributed by atoms with Gasteiger partial charge in [-0.05, 0) is 40.7 Å². The molecule has 1 unspecified atom stereocenters. The molecule has 2 heteroatoms. The topological polar surface area (TPSA) is 12.0 Å². The Morgan fingerprint density at radius 1 is 1.05 bits per heavy atom. The van der Waals surface area contributed by atoms with Crippen molar-refractivity contribution in [3.05, 3.63) is 64.2 Å². The van der Waals surface area contributed by atoms with Crippen LogP contribution in [0.1, 0.15) is 43.5 Å². The monoisotopic (exact) mass is 285 g/mol. The summed E-state index contributed by atoms with van der Waals surface area (Å²) in [6.07, 6.45) is 1.03. The third kappa shape index (κ3) is 2.55. The first-order valence-electron chi connectivity index (χ1n) is 7.09. The van der Waals surface area contributed by atoms with Crippen molar-refractivity contribution in [3.63, 3.8) is 0 Å². The molecule has 3 rings (SSSR count). The van der Waals surface area contributed by atoms with E-state index in [2.05, 4.69) is 56.4 Å². The number of hydrogen-bond donors (Lipinski definition) is 1. The third-order valence-corrected chi connectivity index (χ3v) is 4.24. The highest BCUT2D eigenvalue weighted by molar-refractivity contribution is 6.30. The minimum Gasteiger partial charge on any atom is -0.378 e. The minimum atomic E-state index is 0.206. The smallest absolute Gasteiger partial charge is 0.0555 e. The fourth-order valence-corrected chi connectivity index (χ4v) is 2.91. The summed E-state index contributed by atoms with van der Waals surface area (Å²) in [4.78, 5) is 0. The number of fused-ring (bicyclic) bond motifs is 1. The van der Waals surface area contributed by atoms with Crippen molar-refractivity contribution in [1.29, 1.82) is 0 Å². The Labute approximate surface area is 126 Å². The molecule has 0 aromatic heterocycles. The fourth-order valence-electron chi connectivity index (χ4n) is 2.74. The zero-order valence-corrected chi connectivity index (χ0v) is 13.0. The summed E-state index contributed by atoms with van der Waals surface area (Å²) in [6, 6.07) is 15.4. The summed E-state index contributed by atoms with van der Waals surface area (Å²) in [7, 11) is 0. The fraction of sp³-hybridized carbons (Fsp3) is 0.333. The van der Waals surface area contributed by atoms with Crippen molar-refractivity contribution in [3.8, 4) is 0 Å².